The van der Waals surface area contributed by atoms with Gasteiger partial charge < -0.3 is 10.6 Å². The van der Waals surface area contributed by atoms with Gasteiger partial charge in [0.15, 0.2) is 5.69 Å². The summed E-state index contributed by atoms with van der Waals surface area (Å²) in [4.78, 5) is 12.1. The van der Waals surface area contributed by atoms with Crippen LogP contribution in [-0.4, -0.2) is 22.1 Å². The van der Waals surface area contributed by atoms with Crippen molar-refractivity contribution in [3.63, 3.8) is 0 Å². The van der Waals surface area contributed by atoms with Crippen LogP contribution in [0.5, 0.6) is 0 Å². The predicted octanol–water partition coefficient (Wildman–Crippen LogP) is 4.61. The molecule has 25 heavy (non-hydrogen) atoms. The molecule has 134 valence electrons. The van der Waals surface area contributed by atoms with E-state index < -0.39 is 22.7 Å². The van der Waals surface area contributed by atoms with Gasteiger partial charge in [-0.05, 0) is 43.7 Å². The third-order valence-electron chi connectivity index (χ3n) is 3.43. The molecule has 0 aliphatic heterocycles. The van der Waals surface area contributed by atoms with Gasteiger partial charge in [0.25, 0.3) is 5.91 Å². The third kappa shape index (κ3) is 5.06. The highest BCUT2D eigenvalue weighted by Crippen LogP contribution is 2.36. The van der Waals surface area contributed by atoms with Crippen LogP contribution in [0.25, 0.3) is 0 Å². The fraction of sp³-hybridized carbons (Fsp3) is 0.312. The lowest BCUT2D eigenvalue weighted by Gasteiger charge is -2.12. The molecule has 0 saturated heterocycles. The number of benzene rings is 1. The molecule has 9 heteroatoms. The van der Waals surface area contributed by atoms with Crippen LogP contribution in [0.15, 0.2) is 30.3 Å². The Hall–Kier alpha value is -2.35. The number of nitrogens with one attached hydrogen (secondary N) is 2. The minimum atomic E-state index is -4.61. The lowest BCUT2D eigenvalue weighted by atomic mass is 10.2. The maximum absolute atomic E-state index is 12.8. The van der Waals surface area contributed by atoms with Crippen molar-refractivity contribution in [2.24, 2.45) is 0 Å². The highest BCUT2D eigenvalue weighted by atomic mass is 35.5. The lowest BCUT2D eigenvalue weighted by Crippen LogP contribution is -2.18. The molecule has 0 bridgehead atoms. The molecule has 1 amide bonds. The molecule has 0 fully saturated rings. The molecule has 5 nitrogen and oxygen atoms in total. The Kier molecular flexibility index (Phi) is 5.84. The number of hydrogen-bond donors (Lipinski definition) is 2. The zero-order chi connectivity index (χ0) is 18.6. The minimum Gasteiger partial charge on any atom is -0.366 e. The topological polar surface area (TPSA) is 66.9 Å². The molecular formula is C16H16ClF3N4O. The van der Waals surface area contributed by atoms with Gasteiger partial charge in [0, 0.05) is 11.7 Å². The average molecular weight is 373 g/mol. The average Bonchev–Trinajstić information content (AvgIpc) is 2.56. The van der Waals surface area contributed by atoms with Crippen LogP contribution in [0.4, 0.5) is 24.7 Å². The van der Waals surface area contributed by atoms with Crippen molar-refractivity contribution in [1.82, 2.24) is 10.2 Å². The molecule has 0 saturated carbocycles. The summed E-state index contributed by atoms with van der Waals surface area (Å²) >= 11 is 5.54. The van der Waals surface area contributed by atoms with E-state index >= 15 is 0 Å². The van der Waals surface area contributed by atoms with E-state index in [-0.39, 0.29) is 17.4 Å². The first-order valence-corrected chi connectivity index (χ1v) is 7.87. The predicted molar refractivity (Wildman–Crippen MR) is 89.8 cm³/mol. The van der Waals surface area contributed by atoms with Crippen molar-refractivity contribution < 1.29 is 18.0 Å². The maximum Gasteiger partial charge on any atom is 0.417 e. The highest BCUT2D eigenvalue weighted by molar-refractivity contribution is 6.31. The minimum absolute atomic E-state index is 0.0155. The van der Waals surface area contributed by atoms with E-state index in [1.54, 1.807) is 6.07 Å². The number of alkyl halides is 3. The van der Waals surface area contributed by atoms with Gasteiger partial charge in [-0.2, -0.15) is 13.2 Å². The van der Waals surface area contributed by atoms with Crippen molar-refractivity contribution in [3.8, 4) is 0 Å². The number of amides is 1. The second-order valence-corrected chi connectivity index (χ2v) is 5.81. The molecule has 0 aliphatic carbocycles. The smallest absolute Gasteiger partial charge is 0.366 e. The first kappa shape index (κ1) is 19.0. The Morgan fingerprint density at radius 3 is 2.52 bits per heavy atom. The number of carbonyl (C=O) groups is 1. The largest absolute Gasteiger partial charge is 0.417 e. The molecule has 1 heterocycles. The third-order valence-corrected chi connectivity index (χ3v) is 3.76. The Morgan fingerprint density at radius 1 is 1.24 bits per heavy atom. The summed E-state index contributed by atoms with van der Waals surface area (Å²) in [5.41, 5.74) is -1.07. The van der Waals surface area contributed by atoms with E-state index in [1.807, 2.05) is 13.8 Å². The van der Waals surface area contributed by atoms with Gasteiger partial charge >= 0.3 is 6.18 Å². The van der Waals surface area contributed by atoms with Gasteiger partial charge in [0.2, 0.25) is 0 Å². The van der Waals surface area contributed by atoms with Crippen molar-refractivity contribution in [2.45, 2.75) is 32.5 Å². The van der Waals surface area contributed by atoms with Gasteiger partial charge in [-0.15, -0.1) is 10.2 Å². The number of rotatable bonds is 5. The summed E-state index contributed by atoms with van der Waals surface area (Å²) in [7, 11) is 0. The Morgan fingerprint density at radius 2 is 1.96 bits per heavy atom. The number of hydrogen-bond acceptors (Lipinski definition) is 4. The van der Waals surface area contributed by atoms with Crippen LogP contribution < -0.4 is 10.6 Å². The molecular weight excluding hydrogens is 357 g/mol. The molecule has 1 aromatic heterocycles. The molecule has 2 aromatic rings. The van der Waals surface area contributed by atoms with E-state index in [4.69, 9.17) is 11.6 Å². The molecule has 0 radical (unpaired) electrons. The first-order valence-electron chi connectivity index (χ1n) is 7.49. The monoisotopic (exact) mass is 372 g/mol. The maximum atomic E-state index is 12.8. The summed E-state index contributed by atoms with van der Waals surface area (Å²) in [5, 5.41) is 12.7. The van der Waals surface area contributed by atoms with E-state index in [0.717, 1.165) is 18.6 Å². The van der Waals surface area contributed by atoms with Gasteiger partial charge in [-0.25, -0.2) is 0 Å². The standard InChI is InChI=1S/C16H16ClF3N4O/c1-3-9(2)21-14-7-6-13(23-24-14)15(25)22-10-4-5-12(17)11(8-10)16(18,19)20/h4-9H,3H2,1-2H3,(H,21,24)(H,22,25). The number of nitrogens with zero attached hydrogens (tertiary/aromatic N) is 2. The quantitative estimate of drug-likeness (QED) is 0.804. The molecule has 1 unspecified atom stereocenters. The summed E-state index contributed by atoms with van der Waals surface area (Å²) in [5.74, 6) is -0.158. The number of aromatic nitrogens is 2. The summed E-state index contributed by atoms with van der Waals surface area (Å²) < 4.78 is 38.5. The normalized spacial score (nSPS) is 12.6. The van der Waals surface area contributed by atoms with E-state index in [1.165, 1.54) is 12.1 Å². The highest BCUT2D eigenvalue weighted by Gasteiger charge is 2.33. The van der Waals surface area contributed by atoms with Gasteiger partial charge in [0.05, 0.1) is 10.6 Å². The van der Waals surface area contributed by atoms with E-state index in [9.17, 15) is 18.0 Å². The fourth-order valence-electron chi connectivity index (χ4n) is 1.90. The SMILES string of the molecule is CCC(C)Nc1ccc(C(=O)Nc2ccc(Cl)c(C(F)(F)F)c2)nn1. The van der Waals surface area contributed by atoms with Crippen LogP contribution in [0, 0.1) is 0 Å². The van der Waals surface area contributed by atoms with Gasteiger partial charge in [0.1, 0.15) is 5.82 Å². The second-order valence-electron chi connectivity index (χ2n) is 5.40. The Balaban J connectivity index is 2.12. The van der Waals surface area contributed by atoms with Crippen molar-refractivity contribution in [1.29, 1.82) is 0 Å². The van der Waals surface area contributed by atoms with E-state index in [0.29, 0.717) is 5.82 Å². The zero-order valence-electron chi connectivity index (χ0n) is 13.5. The Bertz CT molecular complexity index is 750. The van der Waals surface area contributed by atoms with Crippen LogP contribution in [0.3, 0.4) is 0 Å². The van der Waals surface area contributed by atoms with Gasteiger partial charge in [-0.3, -0.25) is 4.79 Å². The Labute approximate surface area is 147 Å². The van der Waals surface area contributed by atoms with Crippen molar-refractivity contribution >= 4 is 29.0 Å². The molecule has 1 atom stereocenters. The molecule has 2 rings (SSSR count). The van der Waals surface area contributed by atoms with Crippen LogP contribution in [0.1, 0.15) is 36.3 Å². The number of anilines is 2. The summed E-state index contributed by atoms with van der Waals surface area (Å²) in [6.07, 6.45) is -3.72. The lowest BCUT2D eigenvalue weighted by molar-refractivity contribution is -0.137. The molecule has 0 spiro atoms. The zero-order valence-corrected chi connectivity index (χ0v) is 14.2. The molecule has 0 aliphatic rings. The number of carbonyl (C=O) groups excluding carboxylic acids is 1. The molecule has 2 N–H and O–H groups in total. The van der Waals surface area contributed by atoms with Crippen LogP contribution >= 0.6 is 11.6 Å². The van der Waals surface area contributed by atoms with Crippen LogP contribution in [-0.2, 0) is 6.18 Å². The first-order chi connectivity index (χ1) is 11.7. The fourth-order valence-corrected chi connectivity index (χ4v) is 2.12. The van der Waals surface area contributed by atoms with E-state index in [2.05, 4.69) is 20.8 Å². The molecule has 1 aromatic carbocycles. The van der Waals surface area contributed by atoms with Gasteiger partial charge in [-0.1, -0.05) is 18.5 Å². The summed E-state index contributed by atoms with van der Waals surface area (Å²) in [6, 6.07) is 6.34. The van der Waals surface area contributed by atoms with Crippen molar-refractivity contribution in [2.75, 3.05) is 10.6 Å². The van der Waals surface area contributed by atoms with Crippen molar-refractivity contribution in [3.05, 3.63) is 46.6 Å². The van der Waals surface area contributed by atoms with Crippen LogP contribution in [0.2, 0.25) is 5.02 Å². The second kappa shape index (κ2) is 7.69. The summed E-state index contributed by atoms with van der Waals surface area (Å²) in [6.45, 7) is 3.98. The number of halogens is 4.